The number of hydrogen-bond acceptors (Lipinski definition) is 7. The first-order chi connectivity index (χ1) is 15.8. The van der Waals surface area contributed by atoms with Gasteiger partial charge in [-0.1, -0.05) is 25.1 Å². The van der Waals surface area contributed by atoms with E-state index in [1.165, 1.54) is 34.9 Å². The van der Waals surface area contributed by atoms with Gasteiger partial charge in [0.25, 0.3) is 5.56 Å². The molecule has 0 bridgehead atoms. The first-order valence-corrected chi connectivity index (χ1v) is 10.0. The second-order valence-corrected chi connectivity index (χ2v) is 7.30. The van der Waals surface area contributed by atoms with Crippen LogP contribution in [0.5, 0.6) is 0 Å². The van der Waals surface area contributed by atoms with Crippen LogP contribution in [0.3, 0.4) is 0 Å². The summed E-state index contributed by atoms with van der Waals surface area (Å²) < 4.78 is 29.9. The van der Waals surface area contributed by atoms with Crippen LogP contribution in [0.1, 0.15) is 30.6 Å². The number of nitrogens with two attached hydrogens (primary N) is 2. The molecule has 5 N–H and O–H groups in total. The van der Waals surface area contributed by atoms with Gasteiger partial charge < -0.3 is 16.8 Å². The standard InChI is InChI=1S/C23H19F2N7O/c1-2-17(29-21-15(11-26)20(27)30-23(28)31-21)18-9-12-5-3-8-16(25)19(12)22(33)32(18)14-7-4-6-13(24)10-14/h3-10,17H,2H2,1H3,(H5,27,28,29,30,31)/t17-/m0/s1. The number of rotatable bonds is 5. The molecule has 4 rings (SSSR count). The van der Waals surface area contributed by atoms with Gasteiger partial charge in [0.1, 0.15) is 29.1 Å². The van der Waals surface area contributed by atoms with E-state index >= 15 is 0 Å². The molecule has 0 saturated carbocycles. The van der Waals surface area contributed by atoms with Crippen molar-refractivity contribution in [3.05, 3.63) is 81.8 Å². The van der Waals surface area contributed by atoms with E-state index < -0.39 is 23.2 Å². The zero-order chi connectivity index (χ0) is 23.7. The third kappa shape index (κ3) is 3.92. The highest BCUT2D eigenvalue weighted by Crippen LogP contribution is 2.29. The van der Waals surface area contributed by atoms with Gasteiger partial charge in [0, 0.05) is 5.69 Å². The van der Waals surface area contributed by atoms with Crippen molar-refractivity contribution < 1.29 is 8.78 Å². The Balaban J connectivity index is 1.99. The van der Waals surface area contributed by atoms with E-state index in [9.17, 15) is 18.8 Å². The number of nitriles is 1. The number of benzene rings is 2. The van der Waals surface area contributed by atoms with Crippen molar-refractivity contribution in [2.45, 2.75) is 19.4 Å². The van der Waals surface area contributed by atoms with E-state index in [0.717, 1.165) is 0 Å². The minimum atomic E-state index is -0.682. The van der Waals surface area contributed by atoms with E-state index in [0.29, 0.717) is 17.5 Å². The minimum Gasteiger partial charge on any atom is -0.382 e. The Kier molecular flexibility index (Phi) is 5.62. The molecule has 166 valence electrons. The summed E-state index contributed by atoms with van der Waals surface area (Å²) in [6, 6.07) is 12.7. The summed E-state index contributed by atoms with van der Waals surface area (Å²) in [5, 5.41) is 12.9. The van der Waals surface area contributed by atoms with E-state index in [2.05, 4.69) is 15.3 Å². The Bertz CT molecular complexity index is 1480. The molecule has 2 aromatic carbocycles. The molecular weight excluding hydrogens is 428 g/mol. The number of nitrogen functional groups attached to an aromatic ring is 2. The van der Waals surface area contributed by atoms with Crippen molar-refractivity contribution in [3.8, 4) is 11.8 Å². The monoisotopic (exact) mass is 447 g/mol. The molecule has 0 unspecified atom stereocenters. The largest absolute Gasteiger partial charge is 0.382 e. The zero-order valence-electron chi connectivity index (χ0n) is 17.5. The molecule has 10 heteroatoms. The van der Waals surface area contributed by atoms with Gasteiger partial charge in [-0.05, 0) is 42.1 Å². The molecule has 0 aliphatic carbocycles. The van der Waals surface area contributed by atoms with Gasteiger partial charge in [-0.25, -0.2) is 8.78 Å². The van der Waals surface area contributed by atoms with E-state index in [1.807, 2.05) is 13.0 Å². The second-order valence-electron chi connectivity index (χ2n) is 7.30. The zero-order valence-corrected chi connectivity index (χ0v) is 17.5. The minimum absolute atomic E-state index is 0.00543. The molecule has 1 atom stereocenters. The lowest BCUT2D eigenvalue weighted by molar-refractivity contribution is 0.623. The van der Waals surface area contributed by atoms with Crippen molar-refractivity contribution in [1.29, 1.82) is 5.26 Å². The first-order valence-electron chi connectivity index (χ1n) is 10.0. The molecule has 0 amide bonds. The molecule has 0 aliphatic heterocycles. The lowest BCUT2D eigenvalue weighted by atomic mass is 10.0. The van der Waals surface area contributed by atoms with E-state index in [1.54, 1.807) is 18.2 Å². The molecule has 2 heterocycles. The van der Waals surface area contributed by atoms with Gasteiger partial charge >= 0.3 is 0 Å². The Morgan fingerprint density at radius 3 is 2.61 bits per heavy atom. The van der Waals surface area contributed by atoms with Crippen LogP contribution in [-0.4, -0.2) is 14.5 Å². The molecule has 0 fully saturated rings. The highest BCUT2D eigenvalue weighted by atomic mass is 19.1. The predicted octanol–water partition coefficient (Wildman–Crippen LogP) is 3.66. The summed E-state index contributed by atoms with van der Waals surface area (Å²) in [6.45, 7) is 1.84. The Morgan fingerprint density at radius 2 is 1.91 bits per heavy atom. The highest BCUT2D eigenvalue weighted by Gasteiger charge is 2.22. The fourth-order valence-electron chi connectivity index (χ4n) is 3.74. The topological polar surface area (TPSA) is 136 Å². The number of nitrogens with zero attached hydrogens (tertiary/aromatic N) is 4. The average Bonchev–Trinajstić information content (AvgIpc) is 2.77. The van der Waals surface area contributed by atoms with Crippen LogP contribution in [-0.2, 0) is 0 Å². The van der Waals surface area contributed by atoms with E-state index in [4.69, 9.17) is 11.5 Å². The molecule has 0 radical (unpaired) electrons. The van der Waals surface area contributed by atoms with Crippen molar-refractivity contribution in [2.24, 2.45) is 0 Å². The molecule has 0 spiro atoms. The van der Waals surface area contributed by atoms with Crippen molar-refractivity contribution in [2.75, 3.05) is 16.8 Å². The van der Waals surface area contributed by atoms with Crippen LogP contribution in [0.25, 0.3) is 16.5 Å². The van der Waals surface area contributed by atoms with Crippen LogP contribution >= 0.6 is 0 Å². The third-order valence-electron chi connectivity index (χ3n) is 5.23. The summed E-state index contributed by atoms with van der Waals surface area (Å²) in [4.78, 5) is 21.3. The Labute approximate surface area is 187 Å². The molecule has 33 heavy (non-hydrogen) atoms. The normalized spacial score (nSPS) is 11.8. The number of aromatic nitrogens is 3. The second kappa shape index (κ2) is 8.55. The third-order valence-corrected chi connectivity index (χ3v) is 5.23. The highest BCUT2D eigenvalue weighted by molar-refractivity contribution is 5.83. The maximum Gasteiger partial charge on any atom is 0.266 e. The van der Waals surface area contributed by atoms with Gasteiger partial charge in [0.05, 0.1) is 17.1 Å². The van der Waals surface area contributed by atoms with Crippen LogP contribution < -0.4 is 22.3 Å². The SMILES string of the molecule is CC[C@H](Nc1nc(N)nc(N)c1C#N)c1cc2cccc(F)c2c(=O)n1-c1cccc(F)c1. The van der Waals surface area contributed by atoms with Crippen molar-refractivity contribution in [1.82, 2.24) is 14.5 Å². The van der Waals surface area contributed by atoms with Crippen LogP contribution in [0.15, 0.2) is 53.3 Å². The number of hydrogen-bond donors (Lipinski definition) is 3. The van der Waals surface area contributed by atoms with Crippen molar-refractivity contribution in [3.63, 3.8) is 0 Å². The first kappa shape index (κ1) is 21.7. The lowest BCUT2D eigenvalue weighted by Crippen LogP contribution is -2.27. The fourth-order valence-corrected chi connectivity index (χ4v) is 3.74. The summed E-state index contributed by atoms with van der Waals surface area (Å²) >= 11 is 0. The average molecular weight is 447 g/mol. The van der Waals surface area contributed by atoms with Gasteiger partial charge in [0.15, 0.2) is 5.82 Å². The Morgan fingerprint density at radius 1 is 1.15 bits per heavy atom. The molecule has 8 nitrogen and oxygen atoms in total. The van der Waals surface area contributed by atoms with Crippen LogP contribution in [0, 0.1) is 23.0 Å². The quantitative estimate of drug-likeness (QED) is 0.425. The smallest absolute Gasteiger partial charge is 0.266 e. The van der Waals surface area contributed by atoms with Gasteiger partial charge in [-0.2, -0.15) is 15.2 Å². The Hall–Kier alpha value is -4.52. The summed E-state index contributed by atoms with van der Waals surface area (Å²) in [6.07, 6.45) is 0.421. The molecule has 4 aromatic rings. The molecule has 0 saturated heterocycles. The fraction of sp³-hybridized carbons (Fsp3) is 0.130. The van der Waals surface area contributed by atoms with Crippen LogP contribution in [0.2, 0.25) is 0 Å². The molecule has 0 aliphatic rings. The molecule has 2 aromatic heterocycles. The van der Waals surface area contributed by atoms with Gasteiger partial charge in [-0.15, -0.1) is 0 Å². The number of halogens is 2. The van der Waals surface area contributed by atoms with Crippen LogP contribution in [0.4, 0.5) is 26.4 Å². The number of fused-ring (bicyclic) bond motifs is 1. The summed E-state index contributed by atoms with van der Waals surface area (Å²) in [5.74, 6) is -1.37. The van der Waals surface area contributed by atoms with Gasteiger partial charge in [-0.3, -0.25) is 9.36 Å². The number of anilines is 3. The van der Waals surface area contributed by atoms with Gasteiger partial charge in [0.2, 0.25) is 5.95 Å². The lowest BCUT2D eigenvalue weighted by Gasteiger charge is -2.24. The number of pyridine rings is 1. The maximum absolute atomic E-state index is 14.6. The number of nitrogens with one attached hydrogen (secondary N) is 1. The predicted molar refractivity (Wildman–Crippen MR) is 122 cm³/mol. The summed E-state index contributed by atoms with van der Waals surface area (Å²) in [5.41, 5.74) is 11.5. The summed E-state index contributed by atoms with van der Waals surface area (Å²) in [7, 11) is 0. The maximum atomic E-state index is 14.6. The molecular formula is C23H19F2N7O. The van der Waals surface area contributed by atoms with Crippen molar-refractivity contribution >= 4 is 28.4 Å². The van der Waals surface area contributed by atoms with E-state index in [-0.39, 0.29) is 34.2 Å².